The predicted molar refractivity (Wildman–Crippen MR) is 73.3 cm³/mol. The Morgan fingerprint density at radius 3 is 2.60 bits per heavy atom. The van der Waals surface area contributed by atoms with Gasteiger partial charge in [-0.05, 0) is 19.5 Å². The average molecular weight is 300 g/mol. The number of hydrogen-bond donors (Lipinski definition) is 1. The second-order valence-electron chi connectivity index (χ2n) is 4.46. The van der Waals surface area contributed by atoms with Gasteiger partial charge in [0.05, 0.1) is 5.01 Å². The summed E-state index contributed by atoms with van der Waals surface area (Å²) in [6.07, 6.45) is 0.439. The number of halogens is 3. The first kappa shape index (κ1) is 15.0. The lowest BCUT2D eigenvalue weighted by Crippen LogP contribution is -2.24. The van der Waals surface area contributed by atoms with Crippen molar-refractivity contribution in [1.29, 1.82) is 0 Å². The molecule has 2 aromatic rings. The minimum atomic E-state index is -1.43. The molecule has 0 saturated carbocycles. The van der Waals surface area contributed by atoms with Crippen LogP contribution in [0, 0.1) is 24.4 Å². The van der Waals surface area contributed by atoms with Crippen LogP contribution in [0.3, 0.4) is 0 Å². The van der Waals surface area contributed by atoms with E-state index in [1.54, 1.807) is 0 Å². The Balaban J connectivity index is 2.31. The lowest BCUT2D eigenvalue weighted by molar-refractivity contribution is 0.425. The predicted octanol–water partition coefficient (Wildman–Crippen LogP) is 3.76. The lowest BCUT2D eigenvalue weighted by Gasteiger charge is -2.18. The zero-order chi connectivity index (χ0) is 14.7. The van der Waals surface area contributed by atoms with Crippen LogP contribution in [0.2, 0.25) is 0 Å². The molecular formula is C14H15F3N2S. The van der Waals surface area contributed by atoms with Crippen LogP contribution >= 0.6 is 11.3 Å². The van der Waals surface area contributed by atoms with Gasteiger partial charge in [-0.25, -0.2) is 18.2 Å². The molecule has 0 saturated heterocycles. The fourth-order valence-corrected chi connectivity index (χ4v) is 2.84. The maximum Gasteiger partial charge on any atom is 0.194 e. The summed E-state index contributed by atoms with van der Waals surface area (Å²) in [6.45, 7) is 4.34. The molecule has 0 aliphatic rings. The van der Waals surface area contributed by atoms with Crippen molar-refractivity contribution in [3.8, 4) is 0 Å². The second kappa shape index (κ2) is 6.37. The summed E-state index contributed by atoms with van der Waals surface area (Å²) < 4.78 is 40.2. The standard InChI is InChI=1S/C14H15F3N2S/c1-3-18-11(6-12-19-8(2)7-20-12)9-4-5-10(15)14(17)13(9)16/h4-5,7,11,18H,3,6H2,1-2H3. The maximum absolute atomic E-state index is 13.9. The van der Waals surface area contributed by atoms with Gasteiger partial charge in [-0.15, -0.1) is 11.3 Å². The van der Waals surface area contributed by atoms with Crippen LogP contribution in [0.5, 0.6) is 0 Å². The first-order valence-electron chi connectivity index (χ1n) is 6.30. The van der Waals surface area contributed by atoms with Crippen LogP contribution < -0.4 is 5.32 Å². The van der Waals surface area contributed by atoms with Crippen LogP contribution in [-0.4, -0.2) is 11.5 Å². The summed E-state index contributed by atoms with van der Waals surface area (Å²) in [6, 6.07) is 1.80. The molecule has 0 aliphatic carbocycles. The molecule has 1 N–H and O–H groups in total. The highest BCUT2D eigenvalue weighted by Gasteiger charge is 2.21. The molecule has 6 heteroatoms. The van der Waals surface area contributed by atoms with E-state index in [0.29, 0.717) is 13.0 Å². The number of aryl methyl sites for hydroxylation is 1. The molecule has 20 heavy (non-hydrogen) atoms. The fraction of sp³-hybridized carbons (Fsp3) is 0.357. The van der Waals surface area contributed by atoms with E-state index in [4.69, 9.17) is 0 Å². The Bertz CT molecular complexity index is 598. The number of aromatic nitrogens is 1. The van der Waals surface area contributed by atoms with Crippen molar-refractivity contribution >= 4 is 11.3 Å². The third kappa shape index (κ3) is 3.19. The molecule has 2 rings (SSSR count). The van der Waals surface area contributed by atoms with Gasteiger partial charge in [0.15, 0.2) is 17.5 Å². The number of nitrogens with one attached hydrogen (secondary N) is 1. The normalized spacial score (nSPS) is 12.7. The van der Waals surface area contributed by atoms with Crippen LogP contribution in [0.25, 0.3) is 0 Å². The van der Waals surface area contributed by atoms with Crippen LogP contribution in [-0.2, 0) is 6.42 Å². The van der Waals surface area contributed by atoms with Gasteiger partial charge in [-0.1, -0.05) is 13.0 Å². The topological polar surface area (TPSA) is 24.9 Å². The van der Waals surface area contributed by atoms with Crippen molar-refractivity contribution in [2.45, 2.75) is 26.3 Å². The van der Waals surface area contributed by atoms with Gasteiger partial charge in [-0.2, -0.15) is 0 Å². The van der Waals surface area contributed by atoms with Gasteiger partial charge in [0.2, 0.25) is 0 Å². The first-order valence-corrected chi connectivity index (χ1v) is 7.18. The minimum absolute atomic E-state index is 0.124. The summed E-state index contributed by atoms with van der Waals surface area (Å²) in [4.78, 5) is 4.32. The van der Waals surface area contributed by atoms with Gasteiger partial charge < -0.3 is 5.32 Å². The average Bonchev–Trinajstić information content (AvgIpc) is 2.81. The summed E-state index contributed by atoms with van der Waals surface area (Å²) in [7, 11) is 0. The molecule has 0 fully saturated rings. The van der Waals surface area contributed by atoms with Crippen molar-refractivity contribution in [2.24, 2.45) is 0 Å². The maximum atomic E-state index is 13.9. The molecule has 0 radical (unpaired) electrons. The molecule has 1 unspecified atom stereocenters. The number of benzene rings is 1. The van der Waals surface area contributed by atoms with Gasteiger partial charge in [0.25, 0.3) is 0 Å². The van der Waals surface area contributed by atoms with E-state index in [2.05, 4.69) is 10.3 Å². The fourth-order valence-electron chi connectivity index (χ4n) is 2.02. The molecule has 1 aromatic heterocycles. The van der Waals surface area contributed by atoms with Crippen molar-refractivity contribution in [1.82, 2.24) is 10.3 Å². The molecule has 2 nitrogen and oxygen atoms in total. The Kier molecular flexibility index (Phi) is 4.77. The van der Waals surface area contributed by atoms with E-state index < -0.39 is 23.5 Å². The molecule has 0 bridgehead atoms. The van der Waals surface area contributed by atoms with Crippen molar-refractivity contribution in [3.63, 3.8) is 0 Å². The SMILES string of the molecule is CCNC(Cc1nc(C)cs1)c1ccc(F)c(F)c1F. The van der Waals surface area contributed by atoms with Gasteiger partial charge in [0, 0.05) is 29.1 Å². The van der Waals surface area contributed by atoms with E-state index >= 15 is 0 Å². The minimum Gasteiger partial charge on any atom is -0.310 e. The van der Waals surface area contributed by atoms with Crippen molar-refractivity contribution in [2.75, 3.05) is 6.54 Å². The van der Waals surface area contributed by atoms with Gasteiger partial charge in [0.1, 0.15) is 0 Å². The van der Waals surface area contributed by atoms with Gasteiger partial charge in [-0.3, -0.25) is 0 Å². The second-order valence-corrected chi connectivity index (χ2v) is 5.40. The number of likely N-dealkylation sites (N-methyl/N-ethyl adjacent to an activating group) is 1. The van der Waals surface area contributed by atoms with Crippen molar-refractivity contribution < 1.29 is 13.2 Å². The molecule has 0 spiro atoms. The molecular weight excluding hydrogens is 285 g/mol. The van der Waals surface area contributed by atoms with Crippen LogP contribution in [0.1, 0.15) is 29.2 Å². The Morgan fingerprint density at radius 1 is 1.25 bits per heavy atom. The van der Waals surface area contributed by atoms with E-state index in [9.17, 15) is 13.2 Å². The van der Waals surface area contributed by atoms with E-state index in [-0.39, 0.29) is 5.56 Å². The highest BCUT2D eigenvalue weighted by molar-refractivity contribution is 7.09. The monoisotopic (exact) mass is 300 g/mol. The smallest absolute Gasteiger partial charge is 0.194 e. The largest absolute Gasteiger partial charge is 0.310 e. The van der Waals surface area contributed by atoms with Crippen LogP contribution in [0.15, 0.2) is 17.5 Å². The number of nitrogens with zero attached hydrogens (tertiary/aromatic N) is 1. The number of rotatable bonds is 5. The highest BCUT2D eigenvalue weighted by atomic mass is 32.1. The van der Waals surface area contributed by atoms with E-state index in [0.717, 1.165) is 16.8 Å². The summed E-state index contributed by atoms with van der Waals surface area (Å²) in [5.74, 6) is -3.74. The molecule has 0 aliphatic heterocycles. The Morgan fingerprint density at radius 2 is 2.00 bits per heavy atom. The number of thiazole rings is 1. The quantitative estimate of drug-likeness (QED) is 0.850. The number of hydrogen-bond acceptors (Lipinski definition) is 3. The molecule has 1 heterocycles. The third-order valence-electron chi connectivity index (χ3n) is 2.94. The van der Waals surface area contributed by atoms with E-state index in [1.807, 2.05) is 19.2 Å². The highest BCUT2D eigenvalue weighted by Crippen LogP contribution is 2.25. The van der Waals surface area contributed by atoms with Crippen molar-refractivity contribution in [3.05, 3.63) is 51.2 Å². The molecule has 1 atom stereocenters. The third-order valence-corrected chi connectivity index (χ3v) is 3.93. The summed E-state index contributed by atoms with van der Waals surface area (Å²) >= 11 is 1.47. The molecule has 1 aromatic carbocycles. The summed E-state index contributed by atoms with van der Waals surface area (Å²) in [5.41, 5.74) is 1.02. The van der Waals surface area contributed by atoms with Gasteiger partial charge >= 0.3 is 0 Å². The summed E-state index contributed by atoms with van der Waals surface area (Å²) in [5, 5.41) is 5.82. The Labute approximate surface area is 119 Å². The lowest BCUT2D eigenvalue weighted by atomic mass is 10.0. The first-order chi connectivity index (χ1) is 9.52. The molecule has 108 valence electrons. The molecule has 0 amide bonds. The van der Waals surface area contributed by atoms with E-state index in [1.165, 1.54) is 17.4 Å². The Hall–Kier alpha value is -1.40. The zero-order valence-corrected chi connectivity index (χ0v) is 12.0. The zero-order valence-electron chi connectivity index (χ0n) is 11.2. The van der Waals surface area contributed by atoms with Crippen LogP contribution in [0.4, 0.5) is 13.2 Å².